The number of nitrogens with zero attached hydrogens (tertiary/aromatic N) is 1. The molecule has 1 fully saturated rings. The number of hydrogen-bond donors (Lipinski definition) is 1. The van der Waals surface area contributed by atoms with Gasteiger partial charge in [0.25, 0.3) is 0 Å². The Morgan fingerprint density at radius 1 is 1.16 bits per heavy atom. The molecule has 6 nitrogen and oxygen atoms in total. The third-order valence-corrected chi connectivity index (χ3v) is 4.46. The summed E-state index contributed by atoms with van der Waals surface area (Å²) in [5, 5.41) is 14.9. The van der Waals surface area contributed by atoms with E-state index in [0.29, 0.717) is 6.42 Å². The minimum Gasteiger partial charge on any atom is -0.360 e. The first-order chi connectivity index (χ1) is 12.2. The molecule has 2 aromatic rings. The third kappa shape index (κ3) is 4.10. The van der Waals surface area contributed by atoms with E-state index in [1.165, 1.54) is 0 Å². The highest BCUT2D eigenvalue weighted by Gasteiger charge is 2.42. The van der Waals surface area contributed by atoms with Gasteiger partial charge in [0.05, 0.1) is 0 Å². The molecule has 0 aliphatic carbocycles. The topological polar surface area (TPSA) is 81.5 Å². The molecule has 1 aliphatic rings. The van der Waals surface area contributed by atoms with Gasteiger partial charge in [0, 0.05) is 17.9 Å². The fourth-order valence-electron chi connectivity index (χ4n) is 3.22. The first kappa shape index (κ1) is 17.3. The first-order valence-corrected chi connectivity index (χ1v) is 8.25. The summed E-state index contributed by atoms with van der Waals surface area (Å²) in [6.07, 6.45) is -0.128. The van der Waals surface area contributed by atoms with E-state index in [1.54, 1.807) is 0 Å². The molecule has 3 rings (SSSR count). The van der Waals surface area contributed by atoms with Crippen LogP contribution >= 0.6 is 0 Å². The quantitative estimate of drug-likeness (QED) is 0.495. The van der Waals surface area contributed by atoms with Crippen molar-refractivity contribution < 1.29 is 14.5 Å². The number of carbonyl (C=O) groups is 1. The van der Waals surface area contributed by atoms with Crippen molar-refractivity contribution in [2.24, 2.45) is 0 Å². The zero-order valence-electron chi connectivity index (χ0n) is 13.7. The van der Waals surface area contributed by atoms with E-state index in [4.69, 9.17) is 4.74 Å². The van der Waals surface area contributed by atoms with Crippen molar-refractivity contribution in [3.63, 3.8) is 0 Å². The van der Waals surface area contributed by atoms with Crippen molar-refractivity contribution in [2.75, 3.05) is 6.54 Å². The lowest BCUT2D eigenvalue weighted by molar-refractivity contribution is -0.530. The normalized spacial score (nSPS) is 24.4. The largest absolute Gasteiger partial charge is 0.360 e. The molecule has 0 amide bonds. The van der Waals surface area contributed by atoms with Crippen LogP contribution in [0.2, 0.25) is 0 Å². The summed E-state index contributed by atoms with van der Waals surface area (Å²) in [5.41, 5.74) is 1.72. The molecule has 1 heterocycles. The van der Waals surface area contributed by atoms with Gasteiger partial charge < -0.3 is 14.8 Å². The molecule has 1 saturated heterocycles. The summed E-state index contributed by atoms with van der Waals surface area (Å²) in [4.78, 5) is 22.7. The van der Waals surface area contributed by atoms with Gasteiger partial charge in [-0.15, -0.1) is 0 Å². The summed E-state index contributed by atoms with van der Waals surface area (Å²) in [5.74, 6) is 0. The van der Waals surface area contributed by atoms with Crippen LogP contribution in [0.4, 0.5) is 0 Å². The maximum absolute atomic E-state index is 11.8. The number of rotatable bonds is 6. The van der Waals surface area contributed by atoms with Crippen LogP contribution in [0.25, 0.3) is 0 Å². The van der Waals surface area contributed by atoms with E-state index in [1.807, 2.05) is 60.7 Å². The molecule has 0 spiro atoms. The van der Waals surface area contributed by atoms with Gasteiger partial charge in [0.2, 0.25) is 6.04 Å². The first-order valence-electron chi connectivity index (χ1n) is 8.25. The second kappa shape index (κ2) is 8.00. The molecule has 1 unspecified atom stereocenters. The summed E-state index contributed by atoms with van der Waals surface area (Å²) < 4.78 is 5.87. The molecular weight excluding hydrogens is 320 g/mol. The van der Waals surface area contributed by atoms with Gasteiger partial charge in [-0.3, -0.25) is 10.1 Å². The van der Waals surface area contributed by atoms with Crippen LogP contribution < -0.4 is 5.32 Å². The molecule has 0 saturated carbocycles. The lowest BCUT2D eigenvalue weighted by Gasteiger charge is -2.37. The minimum atomic E-state index is -0.861. The number of nitro groups is 1. The SMILES string of the molecule is O=C[C@H]1CN[C@H]([C@H](Cc2ccccc2)[N+](=O)[O-])C(c2ccccc2)O1. The standard InChI is InChI=1S/C19H20N2O4/c22-13-16-12-20-18(19(25-16)15-9-5-2-6-10-15)17(21(23)24)11-14-7-3-1-4-8-14/h1-10,13,16-20H,11-12H2/t16-,17+,18-,19?/m1/s1. The maximum atomic E-state index is 11.8. The van der Waals surface area contributed by atoms with Crippen molar-refractivity contribution in [3.05, 3.63) is 81.9 Å². The monoisotopic (exact) mass is 340 g/mol. The molecule has 6 heteroatoms. The van der Waals surface area contributed by atoms with Gasteiger partial charge >= 0.3 is 0 Å². The average Bonchev–Trinajstić information content (AvgIpc) is 2.67. The zero-order chi connectivity index (χ0) is 17.6. The zero-order valence-corrected chi connectivity index (χ0v) is 13.7. The van der Waals surface area contributed by atoms with Crippen LogP contribution in [0.3, 0.4) is 0 Å². The van der Waals surface area contributed by atoms with Gasteiger partial charge in [0.1, 0.15) is 24.5 Å². The number of carbonyl (C=O) groups excluding carboxylic acids is 1. The van der Waals surface area contributed by atoms with Crippen molar-refractivity contribution in [1.29, 1.82) is 0 Å². The van der Waals surface area contributed by atoms with E-state index in [-0.39, 0.29) is 11.5 Å². The molecule has 1 N–H and O–H groups in total. The molecule has 4 atom stereocenters. The Morgan fingerprint density at radius 2 is 1.80 bits per heavy atom. The van der Waals surface area contributed by atoms with Gasteiger partial charge in [0.15, 0.2) is 0 Å². The summed E-state index contributed by atoms with van der Waals surface area (Å²) in [7, 11) is 0. The Bertz CT molecular complexity index is 708. The van der Waals surface area contributed by atoms with Crippen molar-refractivity contribution in [1.82, 2.24) is 5.32 Å². The Morgan fingerprint density at radius 3 is 2.40 bits per heavy atom. The number of benzene rings is 2. The van der Waals surface area contributed by atoms with Crippen LogP contribution in [0.1, 0.15) is 17.2 Å². The van der Waals surface area contributed by atoms with Crippen molar-refractivity contribution in [2.45, 2.75) is 30.7 Å². The molecule has 0 bridgehead atoms. The molecular formula is C19H20N2O4. The van der Waals surface area contributed by atoms with Crippen LogP contribution in [0.15, 0.2) is 60.7 Å². The van der Waals surface area contributed by atoms with Gasteiger partial charge in [-0.05, 0) is 11.1 Å². The van der Waals surface area contributed by atoms with E-state index in [9.17, 15) is 14.9 Å². The second-order valence-electron chi connectivity index (χ2n) is 6.12. The van der Waals surface area contributed by atoms with Gasteiger partial charge in [-0.2, -0.15) is 0 Å². The molecule has 1 aliphatic heterocycles. The third-order valence-electron chi connectivity index (χ3n) is 4.46. The summed E-state index contributed by atoms with van der Waals surface area (Å²) >= 11 is 0. The molecule has 0 aromatic heterocycles. The fourth-order valence-corrected chi connectivity index (χ4v) is 3.22. The van der Waals surface area contributed by atoms with Crippen LogP contribution in [0.5, 0.6) is 0 Å². The minimum absolute atomic E-state index is 0.259. The smallest absolute Gasteiger partial charge is 0.235 e. The maximum Gasteiger partial charge on any atom is 0.235 e. The van der Waals surface area contributed by atoms with Gasteiger partial charge in [-0.1, -0.05) is 60.7 Å². The lowest BCUT2D eigenvalue weighted by atomic mass is 9.90. The number of nitrogens with one attached hydrogen (secondary N) is 1. The number of aldehydes is 1. The second-order valence-corrected chi connectivity index (χ2v) is 6.12. The molecule has 2 aromatic carbocycles. The highest BCUT2D eigenvalue weighted by molar-refractivity contribution is 5.56. The van der Waals surface area contributed by atoms with E-state index in [0.717, 1.165) is 17.4 Å². The predicted octanol–water partition coefficient (Wildman–Crippen LogP) is 2.17. The number of hydrogen-bond acceptors (Lipinski definition) is 5. The molecule has 25 heavy (non-hydrogen) atoms. The van der Waals surface area contributed by atoms with E-state index in [2.05, 4.69) is 5.32 Å². The highest BCUT2D eigenvalue weighted by atomic mass is 16.6. The van der Waals surface area contributed by atoms with Crippen LogP contribution in [0, 0.1) is 10.1 Å². The predicted molar refractivity (Wildman–Crippen MR) is 92.8 cm³/mol. The van der Waals surface area contributed by atoms with Crippen LogP contribution in [-0.4, -0.2) is 35.9 Å². The fraction of sp³-hybridized carbons (Fsp3) is 0.316. The lowest BCUT2D eigenvalue weighted by Crippen LogP contribution is -2.56. The Hall–Kier alpha value is -2.57. The summed E-state index contributed by atoms with van der Waals surface area (Å²) in [6.45, 7) is 0.274. The highest BCUT2D eigenvalue weighted by Crippen LogP contribution is 2.29. The van der Waals surface area contributed by atoms with Gasteiger partial charge in [-0.25, -0.2) is 0 Å². The Labute approximate surface area is 146 Å². The Kier molecular flexibility index (Phi) is 5.53. The molecule has 130 valence electrons. The van der Waals surface area contributed by atoms with E-state index < -0.39 is 24.3 Å². The van der Waals surface area contributed by atoms with Crippen LogP contribution in [-0.2, 0) is 16.0 Å². The number of ether oxygens (including phenoxy) is 1. The van der Waals surface area contributed by atoms with E-state index >= 15 is 0 Å². The van der Waals surface area contributed by atoms with Crippen molar-refractivity contribution in [3.8, 4) is 0 Å². The average molecular weight is 340 g/mol. The summed E-state index contributed by atoms with van der Waals surface area (Å²) in [6, 6.07) is 17.3. The Balaban J connectivity index is 1.89. The number of morpholine rings is 1. The van der Waals surface area contributed by atoms with Crippen molar-refractivity contribution >= 4 is 6.29 Å². The molecule has 0 radical (unpaired) electrons.